The molecule has 0 unspecified atom stereocenters. The van der Waals surface area contributed by atoms with E-state index in [1.807, 2.05) is 60.9 Å². The van der Waals surface area contributed by atoms with Gasteiger partial charge in [0, 0.05) is 30.3 Å². The smallest absolute Gasteiger partial charge is 0.228 e. The average molecular weight is 374 g/mol. The molecule has 4 nitrogen and oxygen atoms in total. The molecule has 28 heavy (non-hydrogen) atoms. The van der Waals surface area contributed by atoms with Crippen LogP contribution in [0.2, 0.25) is 0 Å². The Morgan fingerprint density at radius 3 is 2.36 bits per heavy atom. The van der Waals surface area contributed by atoms with E-state index in [9.17, 15) is 4.79 Å². The van der Waals surface area contributed by atoms with Gasteiger partial charge in [-0.15, -0.1) is 0 Å². The van der Waals surface area contributed by atoms with Crippen LogP contribution in [0.3, 0.4) is 0 Å². The lowest BCUT2D eigenvalue weighted by Gasteiger charge is -2.26. The number of piperidine rings is 1. The van der Waals surface area contributed by atoms with Gasteiger partial charge in [-0.3, -0.25) is 9.69 Å². The molecule has 0 bridgehead atoms. The number of likely N-dealkylation sites (tertiary alicyclic amines) is 1. The molecule has 1 amide bonds. The lowest BCUT2D eigenvalue weighted by Crippen LogP contribution is -2.29. The number of aromatic nitrogens is 1. The summed E-state index contributed by atoms with van der Waals surface area (Å²) in [6, 6.07) is 20.4. The first kappa shape index (κ1) is 18.5. The maximum atomic E-state index is 12.5. The summed E-state index contributed by atoms with van der Waals surface area (Å²) in [5.41, 5.74) is 4.25. The Bertz CT molecular complexity index is 894. The number of hydrogen-bond donors (Lipinski definition) is 1. The second-order valence-corrected chi connectivity index (χ2v) is 7.52. The number of anilines is 1. The van der Waals surface area contributed by atoms with Gasteiger partial charge in [-0.05, 0) is 73.5 Å². The number of benzene rings is 2. The Hall–Kier alpha value is -2.85. The van der Waals surface area contributed by atoms with E-state index in [1.165, 1.54) is 37.9 Å². The van der Waals surface area contributed by atoms with Gasteiger partial charge < -0.3 is 9.88 Å². The first-order chi connectivity index (χ1) is 13.8. The summed E-state index contributed by atoms with van der Waals surface area (Å²) in [7, 11) is 0. The highest BCUT2D eigenvalue weighted by atomic mass is 16.1. The van der Waals surface area contributed by atoms with E-state index >= 15 is 0 Å². The SMILES string of the molecule is O=C(Cc1ccc(-n2cccc2)cc1)Nc1cccc(CN2CCCCC2)c1. The number of nitrogens with zero attached hydrogens (tertiary/aromatic N) is 2. The van der Waals surface area contributed by atoms with Gasteiger partial charge in [0.25, 0.3) is 0 Å². The third kappa shape index (κ3) is 4.90. The zero-order valence-corrected chi connectivity index (χ0v) is 16.2. The average Bonchev–Trinajstić information content (AvgIpc) is 3.24. The van der Waals surface area contributed by atoms with Crippen molar-refractivity contribution in [2.24, 2.45) is 0 Å². The van der Waals surface area contributed by atoms with Crippen molar-refractivity contribution in [2.75, 3.05) is 18.4 Å². The molecular formula is C24H27N3O. The first-order valence-corrected chi connectivity index (χ1v) is 10.1. The highest BCUT2D eigenvalue weighted by Gasteiger charge is 2.11. The van der Waals surface area contributed by atoms with Gasteiger partial charge >= 0.3 is 0 Å². The molecule has 1 N–H and O–H groups in total. The van der Waals surface area contributed by atoms with Gasteiger partial charge in [0.05, 0.1) is 6.42 Å². The third-order valence-corrected chi connectivity index (χ3v) is 5.27. The van der Waals surface area contributed by atoms with E-state index in [1.54, 1.807) is 0 Å². The number of carbonyl (C=O) groups is 1. The van der Waals surface area contributed by atoms with E-state index in [0.717, 1.165) is 23.5 Å². The van der Waals surface area contributed by atoms with Crippen LogP contribution in [0.15, 0.2) is 73.1 Å². The van der Waals surface area contributed by atoms with E-state index in [-0.39, 0.29) is 5.91 Å². The molecule has 1 aliphatic rings. The normalized spacial score (nSPS) is 14.7. The van der Waals surface area contributed by atoms with Crippen LogP contribution in [-0.4, -0.2) is 28.5 Å². The molecular weight excluding hydrogens is 346 g/mol. The molecule has 144 valence electrons. The van der Waals surface area contributed by atoms with Crippen molar-refractivity contribution in [3.8, 4) is 5.69 Å². The van der Waals surface area contributed by atoms with Crippen LogP contribution in [0.5, 0.6) is 0 Å². The molecule has 4 rings (SSSR count). The van der Waals surface area contributed by atoms with Crippen LogP contribution in [0.4, 0.5) is 5.69 Å². The fourth-order valence-electron chi connectivity index (χ4n) is 3.81. The van der Waals surface area contributed by atoms with Crippen molar-refractivity contribution in [3.05, 3.63) is 84.2 Å². The Kier molecular flexibility index (Phi) is 5.88. The Morgan fingerprint density at radius 2 is 1.61 bits per heavy atom. The molecule has 0 radical (unpaired) electrons. The molecule has 1 aromatic heterocycles. The molecule has 1 saturated heterocycles. The summed E-state index contributed by atoms with van der Waals surface area (Å²) in [5.74, 6) is 0.0174. The second-order valence-electron chi connectivity index (χ2n) is 7.52. The quantitative estimate of drug-likeness (QED) is 0.683. The topological polar surface area (TPSA) is 37.3 Å². The monoisotopic (exact) mass is 373 g/mol. The zero-order valence-electron chi connectivity index (χ0n) is 16.2. The summed E-state index contributed by atoms with van der Waals surface area (Å²) in [5, 5.41) is 3.05. The van der Waals surface area contributed by atoms with Crippen LogP contribution in [-0.2, 0) is 17.8 Å². The van der Waals surface area contributed by atoms with E-state index in [4.69, 9.17) is 0 Å². The van der Waals surface area contributed by atoms with Gasteiger partial charge in [-0.1, -0.05) is 30.7 Å². The van der Waals surface area contributed by atoms with Crippen molar-refractivity contribution in [3.63, 3.8) is 0 Å². The van der Waals surface area contributed by atoms with Crippen LogP contribution in [0.1, 0.15) is 30.4 Å². The molecule has 4 heteroatoms. The maximum absolute atomic E-state index is 12.5. The van der Waals surface area contributed by atoms with Gasteiger partial charge in [-0.2, -0.15) is 0 Å². The zero-order chi connectivity index (χ0) is 19.2. The van der Waals surface area contributed by atoms with Crippen LogP contribution in [0, 0.1) is 0 Å². The number of rotatable bonds is 6. The lowest BCUT2D eigenvalue weighted by molar-refractivity contribution is -0.115. The first-order valence-electron chi connectivity index (χ1n) is 10.1. The Balaban J connectivity index is 1.33. The molecule has 0 saturated carbocycles. The summed E-state index contributed by atoms with van der Waals surface area (Å²) < 4.78 is 2.05. The predicted molar refractivity (Wildman–Crippen MR) is 114 cm³/mol. The summed E-state index contributed by atoms with van der Waals surface area (Å²) >= 11 is 0. The standard InChI is InChI=1S/C24H27N3O/c28-24(18-20-9-11-23(12-10-20)27-15-4-5-16-27)25-22-8-6-7-21(17-22)19-26-13-2-1-3-14-26/h4-12,15-17H,1-3,13-14,18-19H2,(H,25,28). The van der Waals surface area contributed by atoms with Crippen LogP contribution >= 0.6 is 0 Å². The molecule has 2 heterocycles. The Labute approximate surface area is 166 Å². The van der Waals surface area contributed by atoms with Crippen molar-refractivity contribution < 1.29 is 4.79 Å². The van der Waals surface area contributed by atoms with Gasteiger partial charge in [0.15, 0.2) is 0 Å². The number of carbonyl (C=O) groups excluding carboxylic acids is 1. The molecule has 1 aliphatic heterocycles. The number of nitrogens with one attached hydrogen (secondary N) is 1. The third-order valence-electron chi connectivity index (χ3n) is 5.27. The highest BCUT2D eigenvalue weighted by molar-refractivity contribution is 5.92. The fourth-order valence-corrected chi connectivity index (χ4v) is 3.81. The molecule has 0 aliphatic carbocycles. The van der Waals surface area contributed by atoms with Crippen LogP contribution in [0.25, 0.3) is 5.69 Å². The van der Waals surface area contributed by atoms with E-state index < -0.39 is 0 Å². The lowest BCUT2D eigenvalue weighted by atomic mass is 10.1. The maximum Gasteiger partial charge on any atom is 0.228 e. The number of hydrogen-bond acceptors (Lipinski definition) is 2. The minimum Gasteiger partial charge on any atom is -0.326 e. The van der Waals surface area contributed by atoms with Crippen molar-refractivity contribution >= 4 is 11.6 Å². The van der Waals surface area contributed by atoms with E-state index in [2.05, 4.69) is 26.9 Å². The molecule has 0 atom stereocenters. The largest absolute Gasteiger partial charge is 0.326 e. The fraction of sp³-hybridized carbons (Fsp3) is 0.292. The van der Waals surface area contributed by atoms with Gasteiger partial charge in [-0.25, -0.2) is 0 Å². The van der Waals surface area contributed by atoms with Gasteiger partial charge in [0.2, 0.25) is 5.91 Å². The van der Waals surface area contributed by atoms with Crippen molar-refractivity contribution in [2.45, 2.75) is 32.2 Å². The van der Waals surface area contributed by atoms with Gasteiger partial charge in [0.1, 0.15) is 0 Å². The number of amides is 1. The Morgan fingerprint density at radius 1 is 0.857 bits per heavy atom. The second kappa shape index (κ2) is 8.89. The van der Waals surface area contributed by atoms with Crippen molar-refractivity contribution in [1.82, 2.24) is 9.47 Å². The van der Waals surface area contributed by atoms with Crippen molar-refractivity contribution in [1.29, 1.82) is 0 Å². The predicted octanol–water partition coefficient (Wildman–Crippen LogP) is 4.64. The molecule has 3 aromatic rings. The molecule has 1 fully saturated rings. The summed E-state index contributed by atoms with van der Waals surface area (Å²) in [6.07, 6.45) is 8.33. The molecule has 0 spiro atoms. The minimum atomic E-state index is 0.0174. The summed E-state index contributed by atoms with van der Waals surface area (Å²) in [6.45, 7) is 3.32. The minimum absolute atomic E-state index is 0.0174. The molecule has 2 aromatic carbocycles. The van der Waals surface area contributed by atoms with E-state index in [0.29, 0.717) is 6.42 Å². The van der Waals surface area contributed by atoms with Crippen LogP contribution < -0.4 is 5.32 Å². The summed E-state index contributed by atoms with van der Waals surface area (Å²) in [4.78, 5) is 15.0. The highest BCUT2D eigenvalue weighted by Crippen LogP contribution is 2.17.